The van der Waals surface area contributed by atoms with E-state index in [9.17, 15) is 32.3 Å². The van der Waals surface area contributed by atoms with Crippen LogP contribution in [-0.4, -0.2) is 52.8 Å². The number of imide groups is 2. The normalized spacial score (nSPS) is 15.2. The number of hydrogen-bond acceptors (Lipinski definition) is 4. The van der Waals surface area contributed by atoms with Crippen LogP contribution >= 0.6 is 0 Å². The Kier molecular flexibility index (Phi) is 4.58. The van der Waals surface area contributed by atoms with Crippen LogP contribution in [0.15, 0.2) is 24.3 Å². The molecule has 1 N–H and O–H groups in total. The van der Waals surface area contributed by atoms with Gasteiger partial charge in [0, 0.05) is 5.69 Å². The Bertz CT molecular complexity index is 717. The Morgan fingerprint density at radius 1 is 1.08 bits per heavy atom. The number of rotatable bonds is 4. The smallest absolute Gasteiger partial charge is 0.324 e. The molecule has 1 aliphatic rings. The quantitative estimate of drug-likeness (QED) is 0.659. The minimum absolute atomic E-state index is 0.182. The number of alkyl halides is 3. The molecule has 0 saturated carbocycles. The van der Waals surface area contributed by atoms with E-state index in [-0.39, 0.29) is 9.80 Å². The molecule has 1 aliphatic heterocycles. The molecule has 0 atom stereocenters. The van der Waals surface area contributed by atoms with E-state index in [2.05, 4.69) is 5.32 Å². The molecule has 10 heteroatoms. The highest BCUT2D eigenvalue weighted by Gasteiger charge is 2.49. The summed E-state index contributed by atoms with van der Waals surface area (Å²) < 4.78 is 37.0. The van der Waals surface area contributed by atoms with E-state index in [1.165, 1.54) is 0 Å². The number of nitrogens with one attached hydrogen (secondary N) is 1. The third-order valence-corrected chi connectivity index (χ3v) is 3.19. The molecule has 0 radical (unpaired) electrons. The molecule has 0 aliphatic carbocycles. The van der Waals surface area contributed by atoms with Gasteiger partial charge >= 0.3 is 24.0 Å². The topological polar surface area (TPSA) is 86.8 Å². The number of urea groups is 1. The van der Waals surface area contributed by atoms with Gasteiger partial charge in [0.05, 0.1) is 0 Å². The average Bonchev–Trinajstić information content (AvgIpc) is 2.66. The summed E-state index contributed by atoms with van der Waals surface area (Å²) in [4.78, 5) is 46.8. The van der Waals surface area contributed by atoms with Gasteiger partial charge in [-0.1, -0.05) is 18.2 Å². The Morgan fingerprint density at radius 2 is 1.67 bits per heavy atom. The Labute approximate surface area is 134 Å². The number of nitrogens with zero attached hydrogens (tertiary/aromatic N) is 2. The van der Waals surface area contributed by atoms with Gasteiger partial charge in [-0.25, -0.2) is 14.6 Å². The number of anilines is 1. The minimum atomic E-state index is -4.84. The third-order valence-electron chi connectivity index (χ3n) is 3.19. The molecule has 0 aromatic heterocycles. The van der Waals surface area contributed by atoms with E-state index in [1.54, 1.807) is 31.2 Å². The lowest BCUT2D eigenvalue weighted by Crippen LogP contribution is -2.41. The molecular formula is C14H12F3N3O4. The largest absolute Gasteiger partial charge is 0.406 e. The predicted molar refractivity (Wildman–Crippen MR) is 74.7 cm³/mol. The second-order valence-electron chi connectivity index (χ2n) is 5.04. The van der Waals surface area contributed by atoms with Crippen LogP contribution in [0.5, 0.6) is 0 Å². The van der Waals surface area contributed by atoms with E-state index < -0.39 is 43.0 Å². The highest BCUT2D eigenvalue weighted by atomic mass is 19.4. The number of aryl methyl sites for hydroxylation is 1. The number of benzene rings is 1. The summed E-state index contributed by atoms with van der Waals surface area (Å²) in [5, 5.41) is 2.42. The first kappa shape index (κ1) is 17.4. The molecule has 1 heterocycles. The molecule has 24 heavy (non-hydrogen) atoms. The standard InChI is InChI=1S/C14H12F3N3O4/c1-8-4-2-3-5-9(8)18-10(21)6-19-11(22)12(23)20(13(19)24)7-14(15,16)17/h2-5H,6-7H2,1H3,(H,18,21). The fourth-order valence-corrected chi connectivity index (χ4v) is 2.05. The zero-order valence-electron chi connectivity index (χ0n) is 12.4. The fraction of sp³-hybridized carbons (Fsp3) is 0.286. The van der Waals surface area contributed by atoms with Gasteiger partial charge in [0.1, 0.15) is 13.1 Å². The summed E-state index contributed by atoms with van der Waals surface area (Å²) in [6.07, 6.45) is -4.84. The van der Waals surface area contributed by atoms with E-state index in [0.717, 1.165) is 0 Å². The van der Waals surface area contributed by atoms with Crippen LogP contribution in [0.25, 0.3) is 0 Å². The maximum absolute atomic E-state index is 12.3. The van der Waals surface area contributed by atoms with Crippen molar-refractivity contribution in [1.29, 1.82) is 0 Å². The van der Waals surface area contributed by atoms with Crippen LogP contribution in [0, 0.1) is 6.92 Å². The third kappa shape index (κ3) is 3.70. The van der Waals surface area contributed by atoms with Crippen molar-refractivity contribution in [2.45, 2.75) is 13.1 Å². The molecular weight excluding hydrogens is 331 g/mol. The van der Waals surface area contributed by atoms with E-state index in [0.29, 0.717) is 11.3 Å². The van der Waals surface area contributed by atoms with Crippen LogP contribution in [0.4, 0.5) is 23.7 Å². The Hall–Kier alpha value is -2.91. The van der Waals surface area contributed by atoms with Gasteiger partial charge in [0.25, 0.3) is 0 Å². The predicted octanol–water partition coefficient (Wildman–Crippen LogP) is 1.29. The lowest BCUT2D eigenvalue weighted by Gasteiger charge is -2.16. The molecule has 1 fully saturated rings. The van der Waals surface area contributed by atoms with Crippen molar-refractivity contribution < 1.29 is 32.3 Å². The number of para-hydroxylation sites is 1. The molecule has 0 bridgehead atoms. The minimum Gasteiger partial charge on any atom is -0.324 e. The number of hydrogen-bond donors (Lipinski definition) is 1. The van der Waals surface area contributed by atoms with Gasteiger partial charge < -0.3 is 5.32 Å². The lowest BCUT2D eigenvalue weighted by molar-refractivity contribution is -0.156. The van der Waals surface area contributed by atoms with Crippen LogP contribution in [0.1, 0.15) is 5.56 Å². The first-order chi connectivity index (χ1) is 11.1. The van der Waals surface area contributed by atoms with Crippen LogP contribution in [0.3, 0.4) is 0 Å². The maximum Gasteiger partial charge on any atom is 0.406 e. The zero-order chi connectivity index (χ0) is 18.1. The van der Waals surface area contributed by atoms with Crippen molar-refractivity contribution in [3.8, 4) is 0 Å². The monoisotopic (exact) mass is 343 g/mol. The van der Waals surface area contributed by atoms with Crippen molar-refractivity contribution in [1.82, 2.24) is 9.80 Å². The Balaban J connectivity index is 2.08. The van der Waals surface area contributed by atoms with E-state index in [1.807, 2.05) is 0 Å². The van der Waals surface area contributed by atoms with Crippen LogP contribution < -0.4 is 5.32 Å². The second-order valence-corrected chi connectivity index (χ2v) is 5.04. The molecule has 0 spiro atoms. The molecule has 2 rings (SSSR count). The number of carbonyl (C=O) groups is 4. The number of carbonyl (C=O) groups excluding carboxylic acids is 4. The van der Waals surface area contributed by atoms with E-state index in [4.69, 9.17) is 0 Å². The lowest BCUT2D eigenvalue weighted by atomic mass is 10.2. The SMILES string of the molecule is Cc1ccccc1NC(=O)CN1C(=O)C(=O)N(CC(F)(F)F)C1=O. The second kappa shape index (κ2) is 6.30. The summed E-state index contributed by atoms with van der Waals surface area (Å²) in [5.41, 5.74) is 1.12. The van der Waals surface area contributed by atoms with Crippen LogP contribution in [-0.2, 0) is 14.4 Å². The zero-order valence-corrected chi connectivity index (χ0v) is 12.4. The van der Waals surface area contributed by atoms with Crippen LogP contribution in [0.2, 0.25) is 0 Å². The van der Waals surface area contributed by atoms with Gasteiger partial charge in [-0.05, 0) is 18.6 Å². The highest BCUT2D eigenvalue weighted by Crippen LogP contribution is 2.21. The van der Waals surface area contributed by atoms with Gasteiger partial charge in [-0.15, -0.1) is 0 Å². The summed E-state index contributed by atoms with van der Waals surface area (Å²) in [6, 6.07) is 5.18. The summed E-state index contributed by atoms with van der Waals surface area (Å²) in [6.45, 7) is -1.03. The molecule has 1 saturated heterocycles. The number of amides is 5. The molecule has 7 nitrogen and oxygen atoms in total. The van der Waals surface area contributed by atoms with Gasteiger partial charge in [0.2, 0.25) is 5.91 Å². The van der Waals surface area contributed by atoms with Crippen molar-refractivity contribution in [2.24, 2.45) is 0 Å². The molecule has 1 aromatic carbocycles. The molecule has 1 aromatic rings. The number of halogens is 3. The Morgan fingerprint density at radius 3 is 2.25 bits per heavy atom. The average molecular weight is 343 g/mol. The summed E-state index contributed by atoms with van der Waals surface area (Å²) in [5.74, 6) is -3.89. The highest BCUT2D eigenvalue weighted by molar-refractivity contribution is 6.45. The maximum atomic E-state index is 12.3. The molecule has 0 unspecified atom stereocenters. The van der Waals surface area contributed by atoms with E-state index >= 15 is 0 Å². The fourth-order valence-electron chi connectivity index (χ4n) is 2.05. The van der Waals surface area contributed by atoms with Crippen molar-refractivity contribution >= 4 is 29.4 Å². The summed E-state index contributed by atoms with van der Waals surface area (Å²) in [7, 11) is 0. The van der Waals surface area contributed by atoms with Gasteiger partial charge in [0.15, 0.2) is 0 Å². The summed E-state index contributed by atoms with van der Waals surface area (Å²) >= 11 is 0. The first-order valence-corrected chi connectivity index (χ1v) is 6.69. The van der Waals surface area contributed by atoms with Gasteiger partial charge in [-0.3, -0.25) is 14.4 Å². The van der Waals surface area contributed by atoms with Gasteiger partial charge in [-0.2, -0.15) is 13.2 Å². The van der Waals surface area contributed by atoms with Crippen molar-refractivity contribution in [3.63, 3.8) is 0 Å². The van der Waals surface area contributed by atoms with Crippen molar-refractivity contribution in [3.05, 3.63) is 29.8 Å². The van der Waals surface area contributed by atoms with Crippen molar-refractivity contribution in [2.75, 3.05) is 18.4 Å². The molecule has 128 valence electrons. The first-order valence-electron chi connectivity index (χ1n) is 6.69. The molecule has 5 amide bonds.